The molecule has 2 nitrogen and oxygen atoms in total. The molecule has 15 heavy (non-hydrogen) atoms. The van der Waals surface area contributed by atoms with Gasteiger partial charge in [-0.3, -0.25) is 0 Å². The van der Waals surface area contributed by atoms with E-state index in [4.69, 9.17) is 10.5 Å². The van der Waals surface area contributed by atoms with Gasteiger partial charge in [-0.1, -0.05) is 10.8 Å². The molecule has 0 N–H and O–H groups in total. The summed E-state index contributed by atoms with van der Waals surface area (Å²) in [6, 6.07) is 0. The van der Waals surface area contributed by atoms with Crippen LogP contribution < -0.4 is 0 Å². The van der Waals surface area contributed by atoms with Gasteiger partial charge in [-0.2, -0.15) is 0 Å². The molecule has 5 heteroatoms. The summed E-state index contributed by atoms with van der Waals surface area (Å²) >= 11 is 7.55. The van der Waals surface area contributed by atoms with Crippen molar-refractivity contribution < 1.29 is 0 Å². The minimum Gasteiger partial charge on any atom is -0.696 e. The second-order valence-electron chi connectivity index (χ2n) is 2.64. The van der Waals surface area contributed by atoms with E-state index < -0.39 is 0 Å². The second kappa shape index (κ2) is 29.2. The first-order valence-corrected chi connectivity index (χ1v) is 9.83. The third kappa shape index (κ3) is 54.9. The Morgan fingerprint density at radius 1 is 0.933 bits per heavy atom. The molecule has 0 saturated heterocycles. The van der Waals surface area contributed by atoms with Crippen molar-refractivity contribution in [3.05, 3.63) is 0 Å². The van der Waals surface area contributed by atoms with E-state index >= 15 is 0 Å². The summed E-state index contributed by atoms with van der Waals surface area (Å²) in [5.41, 5.74) is 0. The number of nitriles is 2. The van der Waals surface area contributed by atoms with Gasteiger partial charge in [0.25, 0.3) is 0 Å². The van der Waals surface area contributed by atoms with Gasteiger partial charge in [-0.25, -0.2) is 10.5 Å². The monoisotopic (exact) mass is 350 g/mol. The molecule has 0 aliphatic carbocycles. The fraction of sp³-hybridized carbons (Fsp3) is 0.800. The Labute approximate surface area is 115 Å². The molecular formula is C10H18N2S2Sn. The van der Waals surface area contributed by atoms with Crippen molar-refractivity contribution in [1.29, 1.82) is 10.5 Å². The Hall–Kier alpha value is 0.219. The predicted octanol–water partition coefficient (Wildman–Crippen LogP) is 3.16. The van der Waals surface area contributed by atoms with Crippen LogP contribution in [-0.4, -0.2) is 21.1 Å². The summed E-state index contributed by atoms with van der Waals surface area (Å²) in [6.07, 6.45) is 5.84. The summed E-state index contributed by atoms with van der Waals surface area (Å²) in [5, 5.41) is 16.9. The maximum absolute atomic E-state index is 7.13. The molecule has 0 unspecified atom stereocenters. The SMILES string of the molecule is CCC[CH2][Sn+2][CH2]CCC.N#C[S-].N#C[S-]. The zero-order valence-corrected chi connectivity index (χ0v) is 13.9. The maximum Gasteiger partial charge on any atom is -0.0797 e. The van der Waals surface area contributed by atoms with Crippen LogP contribution in [0.5, 0.6) is 0 Å². The number of nitrogens with zero attached hydrogens (tertiary/aromatic N) is 2. The van der Waals surface area contributed by atoms with E-state index in [9.17, 15) is 0 Å². The number of thiocyanates is 2. The maximum atomic E-state index is 7.13. The van der Waals surface area contributed by atoms with Crippen LogP contribution in [0.3, 0.4) is 0 Å². The first-order valence-electron chi connectivity index (χ1n) is 4.98. The molecule has 0 fully saturated rings. The molecule has 0 bridgehead atoms. The molecule has 0 radical (unpaired) electrons. The molecule has 0 heterocycles. The van der Waals surface area contributed by atoms with Crippen LogP contribution in [0.25, 0.3) is 0 Å². The Kier molecular flexibility index (Phi) is 40.2. The van der Waals surface area contributed by atoms with Crippen molar-refractivity contribution in [2.24, 2.45) is 0 Å². The smallest absolute Gasteiger partial charge is 0.0797 e. The molecule has 0 aromatic carbocycles. The Bertz CT molecular complexity index is 146. The molecule has 0 aromatic heterocycles. The fourth-order valence-electron chi connectivity index (χ4n) is 0.729. The Balaban J connectivity index is -0.000000200. The fourth-order valence-corrected chi connectivity index (χ4v) is 4.89. The van der Waals surface area contributed by atoms with E-state index in [0.717, 1.165) is 0 Å². The van der Waals surface area contributed by atoms with Crippen LogP contribution in [0, 0.1) is 21.3 Å². The third-order valence-electron chi connectivity index (χ3n) is 1.41. The van der Waals surface area contributed by atoms with Crippen molar-refractivity contribution >= 4 is 46.4 Å². The van der Waals surface area contributed by atoms with E-state index in [1.54, 1.807) is 8.87 Å². The topological polar surface area (TPSA) is 47.6 Å². The van der Waals surface area contributed by atoms with Crippen molar-refractivity contribution in [2.45, 2.75) is 48.4 Å². The molecule has 0 aliphatic heterocycles. The van der Waals surface area contributed by atoms with Gasteiger partial charge in [-0.05, 0) is 0 Å². The number of rotatable bonds is 6. The number of unbranched alkanes of at least 4 members (excludes halogenated alkanes) is 2. The molecule has 0 aromatic rings. The largest absolute Gasteiger partial charge is 0.696 e. The molecule has 0 amide bonds. The van der Waals surface area contributed by atoms with Crippen LogP contribution >= 0.6 is 0 Å². The van der Waals surface area contributed by atoms with Gasteiger partial charge in [0, 0.05) is 0 Å². The normalized spacial score (nSPS) is 6.40. The minimum atomic E-state index is 0.149. The number of hydrogen-bond acceptors (Lipinski definition) is 4. The van der Waals surface area contributed by atoms with Gasteiger partial charge >= 0.3 is 69.5 Å². The van der Waals surface area contributed by atoms with E-state index in [2.05, 4.69) is 39.1 Å². The summed E-state index contributed by atoms with van der Waals surface area (Å²) in [4.78, 5) is 0. The molecule has 84 valence electrons. The van der Waals surface area contributed by atoms with E-state index in [1.165, 1.54) is 36.5 Å². The van der Waals surface area contributed by atoms with Crippen LogP contribution in [-0.2, 0) is 25.3 Å². The summed E-state index contributed by atoms with van der Waals surface area (Å²) in [5.74, 6) is 0. The molecule has 0 saturated carbocycles. The predicted molar refractivity (Wildman–Crippen MR) is 71.1 cm³/mol. The van der Waals surface area contributed by atoms with Crippen molar-refractivity contribution in [3.8, 4) is 10.8 Å². The van der Waals surface area contributed by atoms with Crippen LogP contribution in [0.2, 0.25) is 8.87 Å². The molecule has 0 atom stereocenters. The summed E-state index contributed by atoms with van der Waals surface area (Å²) in [6.45, 7) is 4.58. The van der Waals surface area contributed by atoms with Gasteiger partial charge < -0.3 is 25.3 Å². The quantitative estimate of drug-likeness (QED) is 0.320. The van der Waals surface area contributed by atoms with Gasteiger partial charge in [0.2, 0.25) is 0 Å². The van der Waals surface area contributed by atoms with Gasteiger partial charge in [0.15, 0.2) is 0 Å². The standard InChI is InChI=1S/2C4H9.2CHNS.Sn/c2*1-3-4-2;2*2-1-3;/h2*1,3-4H2,2H3;2*3H;/q;;;;+2/p-2. The molecule has 0 aliphatic rings. The van der Waals surface area contributed by atoms with Crippen LogP contribution in [0.15, 0.2) is 0 Å². The Morgan fingerprint density at radius 3 is 1.40 bits per heavy atom. The van der Waals surface area contributed by atoms with Crippen molar-refractivity contribution in [2.75, 3.05) is 0 Å². The zero-order chi connectivity index (χ0) is 12.4. The van der Waals surface area contributed by atoms with Crippen molar-refractivity contribution in [1.82, 2.24) is 0 Å². The van der Waals surface area contributed by atoms with E-state index in [-0.39, 0.29) is 21.1 Å². The summed E-state index contributed by atoms with van der Waals surface area (Å²) in [7, 11) is 0. The van der Waals surface area contributed by atoms with Gasteiger partial charge in [0.1, 0.15) is 0 Å². The molecule has 0 spiro atoms. The first-order chi connectivity index (χ1) is 7.24. The van der Waals surface area contributed by atoms with Crippen molar-refractivity contribution in [3.63, 3.8) is 0 Å². The Morgan fingerprint density at radius 2 is 1.20 bits per heavy atom. The molecular weight excluding hydrogens is 331 g/mol. The minimum absolute atomic E-state index is 0.149. The van der Waals surface area contributed by atoms with Gasteiger partial charge in [0.05, 0.1) is 0 Å². The first kappa shape index (κ1) is 20.6. The van der Waals surface area contributed by atoms with Crippen LogP contribution in [0.1, 0.15) is 39.5 Å². The molecule has 0 rings (SSSR count). The van der Waals surface area contributed by atoms with E-state index in [1.807, 2.05) is 0 Å². The zero-order valence-electron chi connectivity index (χ0n) is 9.45. The van der Waals surface area contributed by atoms with Crippen LogP contribution in [0.4, 0.5) is 0 Å². The van der Waals surface area contributed by atoms with Gasteiger partial charge in [-0.15, -0.1) is 0 Å². The average molecular weight is 349 g/mol. The number of hydrogen-bond donors (Lipinski definition) is 0. The van der Waals surface area contributed by atoms with E-state index in [0.29, 0.717) is 0 Å². The average Bonchev–Trinajstić information content (AvgIpc) is 2.20. The third-order valence-corrected chi connectivity index (χ3v) is 5.45. The second-order valence-corrected chi connectivity index (χ2v) is 7.29. The summed E-state index contributed by atoms with van der Waals surface area (Å²) < 4.78 is 3.25.